The zero-order chi connectivity index (χ0) is 21.2. The number of unbranched alkanes of at least 4 members (excludes halogenated alkanes) is 8. The predicted molar refractivity (Wildman–Crippen MR) is 123 cm³/mol. The van der Waals surface area contributed by atoms with Gasteiger partial charge >= 0.3 is 5.97 Å². The summed E-state index contributed by atoms with van der Waals surface area (Å²) in [6.45, 7) is 5.04. The Balaban J connectivity index is 2.37. The maximum absolute atomic E-state index is 12.1. The Morgan fingerprint density at radius 2 is 1.41 bits per heavy atom. The van der Waals surface area contributed by atoms with Crippen molar-refractivity contribution in [1.29, 1.82) is 0 Å². The van der Waals surface area contributed by atoms with Crippen molar-refractivity contribution in [2.75, 3.05) is 13.7 Å². The van der Waals surface area contributed by atoms with Crippen LogP contribution in [0.4, 0.5) is 0 Å². The Kier molecular flexibility index (Phi) is 14.9. The van der Waals surface area contributed by atoms with Crippen LogP contribution in [0.3, 0.4) is 0 Å². The fraction of sp³-hybridized carbons (Fsp3) is 0.654. The first-order chi connectivity index (χ1) is 14.2. The average molecular weight is 403 g/mol. The molecule has 0 aliphatic heterocycles. The van der Waals surface area contributed by atoms with Crippen LogP contribution in [0.5, 0.6) is 5.75 Å². The van der Waals surface area contributed by atoms with E-state index in [1.54, 1.807) is 13.2 Å². The van der Waals surface area contributed by atoms with E-state index in [1.165, 1.54) is 83.1 Å². The smallest absolute Gasteiger partial charge is 0.330 e. The lowest BCUT2D eigenvalue weighted by Crippen LogP contribution is -2.13. The van der Waals surface area contributed by atoms with Crippen molar-refractivity contribution in [2.45, 2.75) is 90.9 Å². The molecule has 0 N–H and O–H groups in total. The minimum atomic E-state index is -0.248. The van der Waals surface area contributed by atoms with Gasteiger partial charge in [0.05, 0.1) is 13.7 Å². The first-order valence-electron chi connectivity index (χ1n) is 11.7. The summed E-state index contributed by atoms with van der Waals surface area (Å²) >= 11 is 0. The molecule has 3 heteroatoms. The molecular weight excluding hydrogens is 360 g/mol. The topological polar surface area (TPSA) is 35.5 Å². The molecule has 164 valence electrons. The number of benzene rings is 1. The van der Waals surface area contributed by atoms with Crippen molar-refractivity contribution < 1.29 is 14.3 Å². The van der Waals surface area contributed by atoms with Crippen LogP contribution >= 0.6 is 0 Å². The van der Waals surface area contributed by atoms with E-state index in [2.05, 4.69) is 13.8 Å². The lowest BCUT2D eigenvalue weighted by molar-refractivity contribution is -0.139. The van der Waals surface area contributed by atoms with E-state index < -0.39 is 0 Å². The maximum atomic E-state index is 12.1. The first kappa shape index (κ1) is 25.3. The van der Waals surface area contributed by atoms with Gasteiger partial charge in [-0.2, -0.15) is 0 Å². The molecule has 0 aliphatic rings. The normalized spacial score (nSPS) is 12.2. The van der Waals surface area contributed by atoms with Crippen molar-refractivity contribution in [1.82, 2.24) is 0 Å². The van der Waals surface area contributed by atoms with Crippen LogP contribution in [0.2, 0.25) is 0 Å². The van der Waals surface area contributed by atoms with Gasteiger partial charge in [0.15, 0.2) is 0 Å². The Labute approximate surface area is 178 Å². The van der Waals surface area contributed by atoms with E-state index in [4.69, 9.17) is 9.47 Å². The standard InChI is InChI=1S/C26H42O3/c1-4-6-8-10-11-13-15-24(14-12-9-7-5-2)22-29-26(27)21-18-23-16-19-25(28-3)20-17-23/h16-21,24H,4-15,22H2,1-3H3/b21-18+. The fourth-order valence-electron chi connectivity index (χ4n) is 3.51. The largest absolute Gasteiger partial charge is 0.497 e. The Hall–Kier alpha value is -1.77. The van der Waals surface area contributed by atoms with Crippen molar-refractivity contribution in [2.24, 2.45) is 5.92 Å². The maximum Gasteiger partial charge on any atom is 0.330 e. The van der Waals surface area contributed by atoms with Gasteiger partial charge in [0.25, 0.3) is 0 Å². The number of carbonyl (C=O) groups excluding carboxylic acids is 1. The molecular formula is C26H42O3. The van der Waals surface area contributed by atoms with Crippen molar-refractivity contribution in [3.8, 4) is 5.75 Å². The van der Waals surface area contributed by atoms with Gasteiger partial charge in [0.1, 0.15) is 5.75 Å². The molecule has 0 heterocycles. The quantitative estimate of drug-likeness (QED) is 0.153. The lowest BCUT2D eigenvalue weighted by atomic mass is 9.95. The number of hydrogen-bond donors (Lipinski definition) is 0. The summed E-state index contributed by atoms with van der Waals surface area (Å²) in [4.78, 5) is 12.1. The number of esters is 1. The van der Waals surface area contributed by atoms with Gasteiger partial charge in [-0.1, -0.05) is 90.2 Å². The molecule has 0 saturated heterocycles. The molecule has 0 amide bonds. The Morgan fingerprint density at radius 1 is 0.862 bits per heavy atom. The van der Waals surface area contributed by atoms with Crippen LogP contribution in [0.1, 0.15) is 96.5 Å². The highest BCUT2D eigenvalue weighted by Crippen LogP contribution is 2.19. The molecule has 3 nitrogen and oxygen atoms in total. The predicted octanol–water partition coefficient (Wildman–Crippen LogP) is 7.59. The third-order valence-electron chi connectivity index (χ3n) is 5.42. The second kappa shape index (κ2) is 17.1. The van der Waals surface area contributed by atoms with Crippen molar-refractivity contribution >= 4 is 12.0 Å². The minimum absolute atomic E-state index is 0.248. The van der Waals surface area contributed by atoms with Gasteiger partial charge in [0, 0.05) is 6.08 Å². The van der Waals surface area contributed by atoms with Crippen LogP contribution in [-0.4, -0.2) is 19.7 Å². The molecule has 1 atom stereocenters. The molecule has 0 fully saturated rings. The van der Waals surface area contributed by atoms with E-state index in [-0.39, 0.29) is 5.97 Å². The second-order valence-corrected chi connectivity index (χ2v) is 8.01. The summed E-state index contributed by atoms with van der Waals surface area (Å²) in [7, 11) is 1.64. The summed E-state index contributed by atoms with van der Waals surface area (Å²) in [5.74, 6) is 1.06. The molecule has 1 rings (SSSR count). The van der Waals surface area contributed by atoms with Gasteiger partial charge in [-0.3, -0.25) is 0 Å². The SMILES string of the molecule is CCCCCCCCC(CCCCCC)COC(=O)/C=C/c1ccc(OC)cc1. The van der Waals surface area contributed by atoms with Crippen LogP contribution in [-0.2, 0) is 9.53 Å². The third kappa shape index (κ3) is 13.1. The van der Waals surface area contributed by atoms with E-state index in [1.807, 2.05) is 24.3 Å². The van der Waals surface area contributed by atoms with Crippen molar-refractivity contribution in [3.63, 3.8) is 0 Å². The number of carbonyl (C=O) groups is 1. The monoisotopic (exact) mass is 402 g/mol. The number of rotatable bonds is 17. The van der Waals surface area contributed by atoms with Crippen LogP contribution in [0.25, 0.3) is 6.08 Å². The molecule has 0 radical (unpaired) electrons. The summed E-state index contributed by atoms with van der Waals surface area (Å²) in [6, 6.07) is 7.63. The second-order valence-electron chi connectivity index (χ2n) is 8.01. The summed E-state index contributed by atoms with van der Waals surface area (Å²) < 4.78 is 10.7. The van der Waals surface area contributed by atoms with E-state index in [0.717, 1.165) is 11.3 Å². The Morgan fingerprint density at radius 3 is 2.00 bits per heavy atom. The highest BCUT2D eigenvalue weighted by molar-refractivity contribution is 5.87. The number of hydrogen-bond acceptors (Lipinski definition) is 3. The average Bonchev–Trinajstić information content (AvgIpc) is 2.75. The molecule has 1 unspecified atom stereocenters. The van der Waals surface area contributed by atoms with Crippen LogP contribution in [0.15, 0.2) is 30.3 Å². The Bertz CT molecular complexity index is 548. The molecule has 0 bridgehead atoms. The van der Waals surface area contributed by atoms with E-state index in [9.17, 15) is 4.79 Å². The summed E-state index contributed by atoms with van der Waals surface area (Å²) in [5.41, 5.74) is 0.964. The molecule has 0 spiro atoms. The van der Waals surface area contributed by atoms with Gasteiger partial charge in [-0.05, 0) is 42.5 Å². The zero-order valence-electron chi connectivity index (χ0n) is 19.0. The number of ether oxygens (including phenoxy) is 2. The summed E-state index contributed by atoms with van der Waals surface area (Å²) in [5, 5.41) is 0. The first-order valence-corrected chi connectivity index (χ1v) is 11.7. The van der Waals surface area contributed by atoms with Gasteiger partial charge in [-0.15, -0.1) is 0 Å². The van der Waals surface area contributed by atoms with Gasteiger partial charge < -0.3 is 9.47 Å². The zero-order valence-corrected chi connectivity index (χ0v) is 19.0. The highest BCUT2D eigenvalue weighted by atomic mass is 16.5. The highest BCUT2D eigenvalue weighted by Gasteiger charge is 2.11. The molecule has 1 aromatic carbocycles. The molecule has 0 aliphatic carbocycles. The molecule has 1 aromatic rings. The molecule has 0 aromatic heterocycles. The van der Waals surface area contributed by atoms with E-state index >= 15 is 0 Å². The van der Waals surface area contributed by atoms with Crippen molar-refractivity contribution in [3.05, 3.63) is 35.9 Å². The molecule has 0 saturated carbocycles. The van der Waals surface area contributed by atoms with Crippen LogP contribution in [0, 0.1) is 5.92 Å². The van der Waals surface area contributed by atoms with Gasteiger partial charge in [-0.25, -0.2) is 4.79 Å². The minimum Gasteiger partial charge on any atom is -0.497 e. The lowest BCUT2D eigenvalue weighted by Gasteiger charge is -2.16. The third-order valence-corrected chi connectivity index (χ3v) is 5.42. The summed E-state index contributed by atoms with van der Waals surface area (Å²) in [6.07, 6.45) is 18.6. The van der Waals surface area contributed by atoms with E-state index in [0.29, 0.717) is 12.5 Å². The van der Waals surface area contributed by atoms with Crippen LogP contribution < -0.4 is 4.74 Å². The van der Waals surface area contributed by atoms with Gasteiger partial charge in [0.2, 0.25) is 0 Å². The number of methoxy groups -OCH3 is 1. The fourth-order valence-corrected chi connectivity index (χ4v) is 3.51. The molecule has 29 heavy (non-hydrogen) atoms.